The van der Waals surface area contributed by atoms with Crippen LogP contribution in [0.5, 0.6) is 0 Å². The lowest BCUT2D eigenvalue weighted by molar-refractivity contribution is -0.0413. The molecule has 1 fully saturated rings. The maximum atomic E-state index is 5.48. The lowest BCUT2D eigenvalue weighted by Gasteiger charge is -2.04. The van der Waals surface area contributed by atoms with Crippen LogP contribution in [0.4, 0.5) is 0 Å². The van der Waals surface area contributed by atoms with Crippen molar-refractivity contribution >= 4 is 11.3 Å². The summed E-state index contributed by atoms with van der Waals surface area (Å²) >= 11 is 1.73. The van der Waals surface area contributed by atoms with Crippen LogP contribution in [0.3, 0.4) is 0 Å². The van der Waals surface area contributed by atoms with E-state index in [0.717, 1.165) is 4.88 Å². The molecule has 2 nitrogen and oxygen atoms in total. The van der Waals surface area contributed by atoms with Crippen molar-refractivity contribution in [3.8, 4) is 10.4 Å². The summed E-state index contributed by atoms with van der Waals surface area (Å²) in [5.74, 6) is 0. The van der Waals surface area contributed by atoms with E-state index in [9.17, 15) is 0 Å². The van der Waals surface area contributed by atoms with Gasteiger partial charge < -0.3 is 9.47 Å². The summed E-state index contributed by atoms with van der Waals surface area (Å²) in [5, 5.41) is 0. The molecule has 0 bridgehead atoms. The van der Waals surface area contributed by atoms with Crippen LogP contribution < -0.4 is 0 Å². The molecule has 1 aliphatic rings. The van der Waals surface area contributed by atoms with E-state index in [1.165, 1.54) is 10.4 Å². The quantitative estimate of drug-likeness (QED) is 0.789. The summed E-state index contributed by atoms with van der Waals surface area (Å²) in [7, 11) is 0. The van der Waals surface area contributed by atoms with Gasteiger partial charge in [0.15, 0.2) is 6.29 Å². The highest BCUT2D eigenvalue weighted by Crippen LogP contribution is 2.34. The summed E-state index contributed by atoms with van der Waals surface area (Å²) in [6, 6.07) is 14.6. The van der Waals surface area contributed by atoms with Gasteiger partial charge in [0.2, 0.25) is 0 Å². The number of hydrogen-bond donors (Lipinski definition) is 0. The average molecular weight is 232 g/mol. The van der Waals surface area contributed by atoms with Crippen molar-refractivity contribution in [3.63, 3.8) is 0 Å². The zero-order valence-electron chi connectivity index (χ0n) is 8.76. The average Bonchev–Trinajstić information content (AvgIpc) is 3.01. The second kappa shape index (κ2) is 4.37. The van der Waals surface area contributed by atoms with Gasteiger partial charge in [-0.15, -0.1) is 11.3 Å². The van der Waals surface area contributed by atoms with Crippen molar-refractivity contribution in [2.75, 3.05) is 13.2 Å². The monoisotopic (exact) mass is 232 g/mol. The van der Waals surface area contributed by atoms with E-state index in [1.807, 2.05) is 6.07 Å². The van der Waals surface area contributed by atoms with Gasteiger partial charge in [-0.25, -0.2) is 0 Å². The third-order valence-corrected chi connectivity index (χ3v) is 3.70. The van der Waals surface area contributed by atoms with Crippen LogP contribution in [-0.4, -0.2) is 13.2 Å². The van der Waals surface area contributed by atoms with Crippen LogP contribution in [0.15, 0.2) is 42.5 Å². The minimum Gasteiger partial charge on any atom is -0.345 e. The lowest BCUT2D eigenvalue weighted by atomic mass is 10.2. The Morgan fingerprint density at radius 1 is 0.938 bits per heavy atom. The standard InChI is InChI=1S/C13H12O2S/c1-2-4-10(5-3-1)11-6-7-12(16-11)13-14-8-9-15-13/h1-7,13H,8-9H2. The Hall–Kier alpha value is -1.16. The Kier molecular flexibility index (Phi) is 2.74. The van der Waals surface area contributed by atoms with Crippen LogP contribution in [0.1, 0.15) is 11.2 Å². The lowest BCUT2D eigenvalue weighted by Crippen LogP contribution is -1.93. The van der Waals surface area contributed by atoms with Gasteiger partial charge in [-0.1, -0.05) is 30.3 Å². The summed E-state index contributed by atoms with van der Waals surface area (Å²) in [4.78, 5) is 2.41. The molecule has 0 aliphatic carbocycles. The molecule has 1 aliphatic heterocycles. The molecular formula is C13H12O2S. The molecule has 0 saturated carbocycles. The summed E-state index contributed by atoms with van der Waals surface area (Å²) < 4.78 is 11.0. The fraction of sp³-hybridized carbons (Fsp3) is 0.231. The third kappa shape index (κ3) is 1.89. The topological polar surface area (TPSA) is 18.5 Å². The number of thiophene rings is 1. The van der Waals surface area contributed by atoms with Crippen LogP contribution in [-0.2, 0) is 9.47 Å². The third-order valence-electron chi connectivity index (χ3n) is 2.54. The maximum Gasteiger partial charge on any atom is 0.193 e. The Balaban J connectivity index is 1.87. The van der Waals surface area contributed by atoms with Gasteiger partial charge in [0.1, 0.15) is 0 Å². The Bertz CT molecular complexity index is 458. The van der Waals surface area contributed by atoms with Gasteiger partial charge in [-0.05, 0) is 17.7 Å². The first-order valence-electron chi connectivity index (χ1n) is 5.32. The number of hydrogen-bond acceptors (Lipinski definition) is 3. The predicted molar refractivity (Wildman–Crippen MR) is 64.4 cm³/mol. The Morgan fingerprint density at radius 3 is 2.44 bits per heavy atom. The highest BCUT2D eigenvalue weighted by Gasteiger charge is 2.20. The van der Waals surface area contributed by atoms with Gasteiger partial charge in [0, 0.05) is 4.88 Å². The minimum atomic E-state index is -0.150. The van der Waals surface area contributed by atoms with Crippen molar-refractivity contribution in [1.82, 2.24) is 0 Å². The van der Waals surface area contributed by atoms with Crippen molar-refractivity contribution < 1.29 is 9.47 Å². The Labute approximate surface area is 98.4 Å². The molecule has 1 aromatic carbocycles. The first kappa shape index (κ1) is 10.0. The van der Waals surface area contributed by atoms with Crippen LogP contribution in [0.25, 0.3) is 10.4 Å². The van der Waals surface area contributed by atoms with Crippen molar-refractivity contribution in [2.24, 2.45) is 0 Å². The molecule has 2 aromatic rings. The van der Waals surface area contributed by atoms with Crippen LogP contribution >= 0.6 is 11.3 Å². The molecule has 16 heavy (non-hydrogen) atoms. The summed E-state index contributed by atoms with van der Waals surface area (Å²) in [5.41, 5.74) is 1.25. The molecule has 0 radical (unpaired) electrons. The van der Waals surface area contributed by atoms with Gasteiger partial charge in [-0.3, -0.25) is 0 Å². The van der Waals surface area contributed by atoms with Crippen molar-refractivity contribution in [2.45, 2.75) is 6.29 Å². The molecule has 0 spiro atoms. The Morgan fingerprint density at radius 2 is 1.69 bits per heavy atom. The van der Waals surface area contributed by atoms with Gasteiger partial charge in [-0.2, -0.15) is 0 Å². The molecule has 0 N–H and O–H groups in total. The number of benzene rings is 1. The molecule has 1 aromatic heterocycles. The molecule has 82 valence electrons. The number of ether oxygens (including phenoxy) is 2. The van der Waals surface area contributed by atoms with Gasteiger partial charge >= 0.3 is 0 Å². The van der Waals surface area contributed by atoms with E-state index in [0.29, 0.717) is 13.2 Å². The molecule has 3 heteroatoms. The second-order valence-electron chi connectivity index (χ2n) is 3.64. The maximum absolute atomic E-state index is 5.48. The molecular weight excluding hydrogens is 220 g/mol. The van der Waals surface area contributed by atoms with E-state index in [-0.39, 0.29) is 6.29 Å². The van der Waals surface area contributed by atoms with E-state index in [2.05, 4.69) is 36.4 Å². The molecule has 0 amide bonds. The second-order valence-corrected chi connectivity index (χ2v) is 4.76. The van der Waals surface area contributed by atoms with E-state index in [4.69, 9.17) is 9.47 Å². The summed E-state index contributed by atoms with van der Waals surface area (Å²) in [6.45, 7) is 1.40. The highest BCUT2D eigenvalue weighted by atomic mass is 32.1. The van der Waals surface area contributed by atoms with E-state index >= 15 is 0 Å². The molecule has 3 rings (SSSR count). The highest BCUT2D eigenvalue weighted by molar-refractivity contribution is 7.15. The normalized spacial score (nSPS) is 16.8. The van der Waals surface area contributed by atoms with Crippen LogP contribution in [0.2, 0.25) is 0 Å². The van der Waals surface area contributed by atoms with E-state index in [1.54, 1.807) is 11.3 Å². The molecule has 0 atom stereocenters. The summed E-state index contributed by atoms with van der Waals surface area (Å²) in [6.07, 6.45) is -0.150. The fourth-order valence-electron chi connectivity index (χ4n) is 1.76. The van der Waals surface area contributed by atoms with Crippen molar-refractivity contribution in [1.29, 1.82) is 0 Å². The minimum absolute atomic E-state index is 0.150. The number of rotatable bonds is 2. The molecule has 0 unspecified atom stereocenters. The first-order valence-corrected chi connectivity index (χ1v) is 6.13. The molecule has 2 heterocycles. The first-order chi connectivity index (χ1) is 7.93. The fourth-order valence-corrected chi connectivity index (χ4v) is 2.77. The largest absolute Gasteiger partial charge is 0.345 e. The van der Waals surface area contributed by atoms with Crippen molar-refractivity contribution in [3.05, 3.63) is 47.3 Å². The zero-order valence-corrected chi connectivity index (χ0v) is 9.57. The SMILES string of the molecule is c1ccc(-c2ccc(C3OCCO3)s2)cc1. The van der Waals surface area contributed by atoms with Crippen LogP contribution in [0, 0.1) is 0 Å². The zero-order chi connectivity index (χ0) is 10.8. The molecule has 1 saturated heterocycles. The predicted octanol–water partition coefficient (Wildman–Crippen LogP) is 3.46. The van der Waals surface area contributed by atoms with Gasteiger partial charge in [0.05, 0.1) is 18.1 Å². The smallest absolute Gasteiger partial charge is 0.193 e. The van der Waals surface area contributed by atoms with Gasteiger partial charge in [0.25, 0.3) is 0 Å². The van der Waals surface area contributed by atoms with E-state index < -0.39 is 0 Å².